The summed E-state index contributed by atoms with van der Waals surface area (Å²) in [5.41, 5.74) is 0.408. The smallest absolute Gasteiger partial charge is 0.266 e. The van der Waals surface area contributed by atoms with E-state index in [1.54, 1.807) is 29.2 Å². The summed E-state index contributed by atoms with van der Waals surface area (Å²) in [5.74, 6) is 0.598. The van der Waals surface area contributed by atoms with Crippen LogP contribution in [0.1, 0.15) is 5.76 Å². The summed E-state index contributed by atoms with van der Waals surface area (Å²) in [4.78, 5) is 13.8. The molecule has 0 fully saturated rings. The molecule has 0 radical (unpaired) electrons. The highest BCUT2D eigenvalue weighted by Crippen LogP contribution is 2.19. The van der Waals surface area contributed by atoms with Crippen LogP contribution in [0, 0.1) is 11.3 Å². The van der Waals surface area contributed by atoms with Crippen molar-refractivity contribution in [1.29, 1.82) is 5.26 Å². The second-order valence-corrected chi connectivity index (χ2v) is 4.74. The normalized spacial score (nSPS) is 10.9. The fourth-order valence-electron chi connectivity index (χ4n) is 1.69. The Hall–Kier alpha value is -3.20. The maximum atomic E-state index is 12.1. The number of rotatable bonds is 4. The number of amides is 1. The molecule has 6 heteroatoms. The fraction of sp³-hybridized carbons (Fsp3) is 0.125. The number of hydrogen-bond donors (Lipinski definition) is 2. The second-order valence-electron chi connectivity index (χ2n) is 4.74. The summed E-state index contributed by atoms with van der Waals surface area (Å²) in [5, 5.41) is 20.9. The number of hydrogen-bond acceptors (Lipinski definition) is 5. The molecule has 1 amide bonds. The van der Waals surface area contributed by atoms with Crippen LogP contribution in [0.5, 0.6) is 5.75 Å². The quantitative estimate of drug-likeness (QED) is 0.514. The molecule has 22 heavy (non-hydrogen) atoms. The number of nitrogens with zero attached hydrogens (tertiary/aromatic N) is 2. The second kappa shape index (κ2) is 6.50. The van der Waals surface area contributed by atoms with Gasteiger partial charge in [-0.3, -0.25) is 4.79 Å². The highest BCUT2D eigenvalue weighted by molar-refractivity contribution is 6.09. The lowest BCUT2D eigenvalue weighted by Crippen LogP contribution is -2.13. The van der Waals surface area contributed by atoms with Crippen LogP contribution in [0.3, 0.4) is 0 Å². The Morgan fingerprint density at radius 2 is 1.95 bits per heavy atom. The number of carbonyl (C=O) groups excluding carboxylic acids is 1. The predicted molar refractivity (Wildman–Crippen MR) is 83.4 cm³/mol. The molecule has 0 saturated heterocycles. The number of nitriles is 1. The molecule has 0 aliphatic rings. The average molecular weight is 297 g/mol. The summed E-state index contributed by atoms with van der Waals surface area (Å²) in [7, 11) is 3.66. The Kier molecular flexibility index (Phi) is 4.49. The van der Waals surface area contributed by atoms with Crippen molar-refractivity contribution in [2.75, 3.05) is 24.3 Å². The van der Waals surface area contributed by atoms with Gasteiger partial charge in [-0.05, 0) is 30.3 Å². The zero-order valence-corrected chi connectivity index (χ0v) is 12.2. The Bertz CT molecular complexity index is 737. The summed E-state index contributed by atoms with van der Waals surface area (Å²) in [6.07, 6.45) is 1.38. The Balaban J connectivity index is 2.16. The molecule has 1 aromatic heterocycles. The third-order valence-corrected chi connectivity index (χ3v) is 2.83. The van der Waals surface area contributed by atoms with Gasteiger partial charge in [-0.2, -0.15) is 5.26 Å². The van der Waals surface area contributed by atoms with Crippen LogP contribution in [0.15, 0.2) is 46.4 Å². The first kappa shape index (κ1) is 15.2. The molecule has 2 aromatic rings. The minimum absolute atomic E-state index is 0.0762. The van der Waals surface area contributed by atoms with E-state index in [1.807, 2.05) is 20.2 Å². The molecule has 2 N–H and O–H groups in total. The fourth-order valence-corrected chi connectivity index (χ4v) is 1.69. The van der Waals surface area contributed by atoms with Crippen LogP contribution in [-0.4, -0.2) is 25.1 Å². The highest BCUT2D eigenvalue weighted by Gasteiger charge is 2.11. The van der Waals surface area contributed by atoms with Gasteiger partial charge in [-0.15, -0.1) is 0 Å². The van der Waals surface area contributed by atoms with Gasteiger partial charge in [0.05, 0.1) is 0 Å². The average Bonchev–Trinajstić information content (AvgIpc) is 2.96. The van der Waals surface area contributed by atoms with Crippen molar-refractivity contribution in [3.05, 3.63) is 47.7 Å². The van der Waals surface area contributed by atoms with Gasteiger partial charge in [-0.1, -0.05) is 0 Å². The van der Waals surface area contributed by atoms with Crippen LogP contribution in [0.25, 0.3) is 6.08 Å². The van der Waals surface area contributed by atoms with Gasteiger partial charge in [0.25, 0.3) is 5.91 Å². The minimum Gasteiger partial charge on any atom is -0.508 e. The van der Waals surface area contributed by atoms with Crippen molar-refractivity contribution < 1.29 is 14.3 Å². The standard InChI is InChI=1S/C16H15N3O3/c1-19(2)15-8-7-14(22-15)9-11(10-17)16(21)18-12-3-5-13(20)6-4-12/h3-9,20H,1-2H3,(H,18,21)/b11-9+. The Labute approximate surface area is 127 Å². The van der Waals surface area contributed by atoms with Gasteiger partial charge in [-0.25, -0.2) is 0 Å². The van der Waals surface area contributed by atoms with Crippen LogP contribution < -0.4 is 10.2 Å². The lowest BCUT2D eigenvalue weighted by Gasteiger charge is -2.06. The number of nitrogens with one attached hydrogen (secondary N) is 1. The number of phenolic OH excluding ortho intramolecular Hbond substituents is 1. The molecule has 1 aromatic carbocycles. The van der Waals surface area contributed by atoms with Crippen LogP contribution in [-0.2, 0) is 4.79 Å². The number of carbonyl (C=O) groups is 1. The van der Waals surface area contributed by atoms with Gasteiger partial charge >= 0.3 is 0 Å². The van der Waals surface area contributed by atoms with Crippen molar-refractivity contribution in [3.8, 4) is 11.8 Å². The molecule has 1 heterocycles. The van der Waals surface area contributed by atoms with E-state index >= 15 is 0 Å². The molecule has 0 spiro atoms. The molecule has 0 unspecified atom stereocenters. The zero-order valence-electron chi connectivity index (χ0n) is 12.2. The summed E-state index contributed by atoms with van der Waals surface area (Å²) < 4.78 is 5.48. The topological polar surface area (TPSA) is 89.5 Å². The van der Waals surface area contributed by atoms with Crippen LogP contribution in [0.2, 0.25) is 0 Å². The largest absolute Gasteiger partial charge is 0.508 e. The van der Waals surface area contributed by atoms with Gasteiger partial charge in [0.1, 0.15) is 23.2 Å². The maximum absolute atomic E-state index is 12.1. The van der Waals surface area contributed by atoms with E-state index in [0.717, 1.165) is 0 Å². The molecular formula is C16H15N3O3. The van der Waals surface area contributed by atoms with Crippen molar-refractivity contribution in [1.82, 2.24) is 0 Å². The first-order chi connectivity index (χ1) is 10.5. The summed E-state index contributed by atoms with van der Waals surface area (Å²) in [6, 6.07) is 11.2. The predicted octanol–water partition coefficient (Wildman–Crippen LogP) is 2.60. The van der Waals surface area contributed by atoms with E-state index in [9.17, 15) is 9.90 Å². The molecule has 0 bridgehead atoms. The van der Waals surface area contributed by atoms with E-state index in [0.29, 0.717) is 17.3 Å². The van der Waals surface area contributed by atoms with Crippen molar-refractivity contribution in [2.45, 2.75) is 0 Å². The number of phenols is 1. The van der Waals surface area contributed by atoms with E-state index < -0.39 is 5.91 Å². The SMILES string of the molecule is CN(C)c1ccc(/C=C(\C#N)C(=O)Nc2ccc(O)cc2)o1. The van der Waals surface area contributed by atoms with E-state index in [2.05, 4.69) is 5.32 Å². The molecule has 0 saturated carbocycles. The van der Waals surface area contributed by atoms with Gasteiger partial charge in [0, 0.05) is 31.9 Å². The maximum Gasteiger partial charge on any atom is 0.266 e. The minimum atomic E-state index is -0.545. The first-order valence-corrected chi connectivity index (χ1v) is 6.49. The van der Waals surface area contributed by atoms with Crippen molar-refractivity contribution >= 4 is 23.6 Å². The number of benzene rings is 1. The summed E-state index contributed by atoms with van der Waals surface area (Å²) in [6.45, 7) is 0. The van der Waals surface area contributed by atoms with E-state index in [-0.39, 0.29) is 11.3 Å². The zero-order chi connectivity index (χ0) is 16.1. The van der Waals surface area contributed by atoms with Gasteiger partial charge in [0.2, 0.25) is 0 Å². The van der Waals surface area contributed by atoms with E-state index in [4.69, 9.17) is 9.68 Å². The highest BCUT2D eigenvalue weighted by atomic mass is 16.4. The lowest BCUT2D eigenvalue weighted by atomic mass is 10.2. The molecule has 0 atom stereocenters. The molecule has 6 nitrogen and oxygen atoms in total. The van der Waals surface area contributed by atoms with Crippen molar-refractivity contribution in [2.24, 2.45) is 0 Å². The van der Waals surface area contributed by atoms with Gasteiger partial charge < -0.3 is 19.7 Å². The van der Waals surface area contributed by atoms with Gasteiger partial charge in [0.15, 0.2) is 5.88 Å². The third-order valence-electron chi connectivity index (χ3n) is 2.83. The number of aromatic hydroxyl groups is 1. The molecule has 112 valence electrons. The summed E-state index contributed by atoms with van der Waals surface area (Å²) >= 11 is 0. The molecule has 0 aliphatic heterocycles. The molecule has 0 aliphatic carbocycles. The van der Waals surface area contributed by atoms with Crippen molar-refractivity contribution in [3.63, 3.8) is 0 Å². The molecule has 2 rings (SSSR count). The first-order valence-electron chi connectivity index (χ1n) is 6.49. The molecular weight excluding hydrogens is 282 g/mol. The number of anilines is 2. The van der Waals surface area contributed by atoms with Crippen LogP contribution >= 0.6 is 0 Å². The van der Waals surface area contributed by atoms with E-state index in [1.165, 1.54) is 18.2 Å². The van der Waals surface area contributed by atoms with Crippen LogP contribution in [0.4, 0.5) is 11.6 Å². The Morgan fingerprint density at radius 1 is 1.27 bits per heavy atom. The monoisotopic (exact) mass is 297 g/mol. The third kappa shape index (κ3) is 3.67. The number of furan rings is 1. The Morgan fingerprint density at radius 3 is 2.50 bits per heavy atom. The lowest BCUT2D eigenvalue weighted by molar-refractivity contribution is -0.112.